The molecular weight excluding hydrogens is 254 g/mol. The minimum atomic E-state index is -0.887. The van der Waals surface area contributed by atoms with E-state index in [0.717, 1.165) is 12.1 Å². The van der Waals surface area contributed by atoms with Gasteiger partial charge in [-0.2, -0.15) is 0 Å². The van der Waals surface area contributed by atoms with Crippen molar-refractivity contribution in [1.29, 1.82) is 0 Å². The van der Waals surface area contributed by atoms with Gasteiger partial charge < -0.3 is 5.32 Å². The van der Waals surface area contributed by atoms with Crippen molar-refractivity contribution in [3.8, 4) is 0 Å². The van der Waals surface area contributed by atoms with E-state index in [9.17, 15) is 25.0 Å². The Hall–Kier alpha value is -2.22. The third kappa shape index (κ3) is 2.48. The molecule has 1 aromatic carbocycles. The summed E-state index contributed by atoms with van der Waals surface area (Å²) in [5.41, 5.74) is -1.56. The molecule has 17 heavy (non-hydrogen) atoms. The summed E-state index contributed by atoms with van der Waals surface area (Å²) in [5.74, 6) is -0.673. The predicted octanol–water partition coefficient (Wildman–Crippen LogP) is 1.52. The molecule has 1 N–H and O–H groups in total. The van der Waals surface area contributed by atoms with Gasteiger partial charge in [-0.1, -0.05) is 11.6 Å². The van der Waals surface area contributed by atoms with Crippen molar-refractivity contribution in [2.75, 3.05) is 7.05 Å². The fraction of sp³-hybridized carbons (Fsp3) is 0.125. The normalized spacial score (nSPS) is 9.76. The van der Waals surface area contributed by atoms with Crippen LogP contribution in [0, 0.1) is 20.2 Å². The van der Waals surface area contributed by atoms with Crippen LogP contribution in [-0.4, -0.2) is 22.8 Å². The number of nitrogens with one attached hydrogen (secondary N) is 1. The number of halogens is 1. The lowest BCUT2D eigenvalue weighted by atomic mass is 10.1. The second-order valence-electron chi connectivity index (χ2n) is 2.92. The summed E-state index contributed by atoms with van der Waals surface area (Å²) < 4.78 is 0. The summed E-state index contributed by atoms with van der Waals surface area (Å²) in [4.78, 5) is 30.8. The number of rotatable bonds is 3. The van der Waals surface area contributed by atoms with Gasteiger partial charge in [0.25, 0.3) is 17.3 Å². The van der Waals surface area contributed by atoms with E-state index in [1.54, 1.807) is 0 Å². The number of hydrogen-bond acceptors (Lipinski definition) is 5. The fourth-order valence-corrected chi connectivity index (χ4v) is 1.38. The lowest BCUT2D eigenvalue weighted by Crippen LogP contribution is -2.18. The highest BCUT2D eigenvalue weighted by Crippen LogP contribution is 2.34. The van der Waals surface area contributed by atoms with Crippen molar-refractivity contribution in [3.05, 3.63) is 42.9 Å². The average molecular weight is 260 g/mol. The molecule has 90 valence electrons. The van der Waals surface area contributed by atoms with Gasteiger partial charge in [0.05, 0.1) is 15.4 Å². The second kappa shape index (κ2) is 4.74. The Balaban J connectivity index is 3.52. The highest BCUT2D eigenvalue weighted by atomic mass is 35.5. The van der Waals surface area contributed by atoms with E-state index in [-0.39, 0.29) is 5.56 Å². The molecule has 8 nitrogen and oxygen atoms in total. The van der Waals surface area contributed by atoms with Crippen molar-refractivity contribution < 1.29 is 14.6 Å². The lowest BCUT2D eigenvalue weighted by molar-refractivity contribution is -0.393. The number of nitro groups is 2. The van der Waals surface area contributed by atoms with Crippen LogP contribution >= 0.6 is 11.6 Å². The average Bonchev–Trinajstić information content (AvgIpc) is 2.27. The van der Waals surface area contributed by atoms with E-state index in [1.165, 1.54) is 7.05 Å². The summed E-state index contributed by atoms with van der Waals surface area (Å²) in [7, 11) is 1.30. The minimum absolute atomic E-state index is 0.199. The van der Waals surface area contributed by atoms with Gasteiger partial charge in [-0.3, -0.25) is 25.0 Å². The summed E-state index contributed by atoms with van der Waals surface area (Å²) in [6, 6.07) is 1.77. The quantitative estimate of drug-likeness (QED) is 0.652. The summed E-state index contributed by atoms with van der Waals surface area (Å²) in [6.07, 6.45) is 0. The van der Waals surface area contributed by atoms with Crippen LogP contribution in [0.1, 0.15) is 10.4 Å². The molecule has 0 unspecified atom stereocenters. The van der Waals surface area contributed by atoms with Crippen molar-refractivity contribution in [3.63, 3.8) is 0 Å². The molecule has 0 aliphatic rings. The molecule has 0 fully saturated rings. The van der Waals surface area contributed by atoms with Crippen LogP contribution in [0.15, 0.2) is 12.1 Å². The van der Waals surface area contributed by atoms with E-state index in [2.05, 4.69) is 5.32 Å². The van der Waals surface area contributed by atoms with Crippen molar-refractivity contribution >= 4 is 28.9 Å². The van der Waals surface area contributed by atoms with Crippen LogP contribution < -0.4 is 5.32 Å². The van der Waals surface area contributed by atoms with Gasteiger partial charge in [0.2, 0.25) is 0 Å². The predicted molar refractivity (Wildman–Crippen MR) is 58.2 cm³/mol. The number of hydrogen-bond donors (Lipinski definition) is 1. The van der Waals surface area contributed by atoms with E-state index < -0.39 is 32.2 Å². The van der Waals surface area contributed by atoms with E-state index in [1.807, 2.05) is 0 Å². The van der Waals surface area contributed by atoms with Crippen LogP contribution in [0.2, 0.25) is 5.02 Å². The first-order valence-electron chi connectivity index (χ1n) is 4.23. The molecule has 0 aromatic heterocycles. The Bertz CT molecular complexity index is 481. The summed E-state index contributed by atoms with van der Waals surface area (Å²) in [6.45, 7) is 0. The Labute approximate surface area is 99.5 Å². The minimum Gasteiger partial charge on any atom is -0.355 e. The number of carbonyl (C=O) groups is 1. The molecule has 0 bridgehead atoms. The van der Waals surface area contributed by atoms with Crippen LogP contribution in [-0.2, 0) is 0 Å². The molecule has 0 saturated heterocycles. The third-order valence-electron chi connectivity index (χ3n) is 1.92. The number of nitrogens with zero attached hydrogens (tertiary/aromatic N) is 2. The number of amides is 1. The molecule has 9 heteroatoms. The maximum Gasteiger partial charge on any atom is 0.295 e. The second-order valence-corrected chi connectivity index (χ2v) is 3.30. The summed E-state index contributed by atoms with van der Waals surface area (Å²) in [5, 5.41) is 22.9. The Morgan fingerprint density at radius 2 is 1.65 bits per heavy atom. The Morgan fingerprint density at radius 3 is 1.94 bits per heavy atom. The van der Waals surface area contributed by atoms with Gasteiger partial charge in [-0.15, -0.1) is 0 Å². The van der Waals surface area contributed by atoms with Crippen molar-refractivity contribution in [1.82, 2.24) is 5.32 Å². The van der Waals surface area contributed by atoms with Crippen molar-refractivity contribution in [2.45, 2.75) is 0 Å². The van der Waals surface area contributed by atoms with Gasteiger partial charge in [0, 0.05) is 19.2 Å². The third-order valence-corrected chi connectivity index (χ3v) is 2.30. The SMILES string of the molecule is CNC(=O)c1cc([N+](=O)[O-])c(Cl)c([N+](=O)[O-])c1. The summed E-state index contributed by atoms with van der Waals surface area (Å²) >= 11 is 5.50. The zero-order valence-corrected chi connectivity index (χ0v) is 9.22. The number of carbonyl (C=O) groups excluding carboxylic acids is 1. The topological polar surface area (TPSA) is 115 Å². The molecule has 0 saturated carbocycles. The van der Waals surface area contributed by atoms with Crippen LogP contribution in [0.4, 0.5) is 11.4 Å². The highest BCUT2D eigenvalue weighted by Gasteiger charge is 2.26. The Kier molecular flexibility index (Phi) is 3.59. The molecule has 1 rings (SSSR count). The van der Waals surface area contributed by atoms with Gasteiger partial charge in [0.15, 0.2) is 5.02 Å². The molecule has 1 amide bonds. The maximum atomic E-state index is 11.3. The molecule has 0 radical (unpaired) electrons. The van der Waals surface area contributed by atoms with E-state index in [0.29, 0.717) is 0 Å². The largest absolute Gasteiger partial charge is 0.355 e. The first-order valence-corrected chi connectivity index (χ1v) is 4.60. The molecule has 0 atom stereocenters. The van der Waals surface area contributed by atoms with Gasteiger partial charge in [0.1, 0.15) is 0 Å². The molecular formula is C8H6ClN3O5. The molecule has 0 heterocycles. The maximum absolute atomic E-state index is 11.3. The van der Waals surface area contributed by atoms with Crippen LogP contribution in [0.3, 0.4) is 0 Å². The first kappa shape index (κ1) is 12.8. The molecule has 0 spiro atoms. The van der Waals surface area contributed by atoms with E-state index >= 15 is 0 Å². The highest BCUT2D eigenvalue weighted by molar-refractivity contribution is 6.35. The molecule has 0 aliphatic heterocycles. The van der Waals surface area contributed by atoms with Gasteiger partial charge in [-0.25, -0.2) is 0 Å². The van der Waals surface area contributed by atoms with Gasteiger partial charge >= 0.3 is 0 Å². The van der Waals surface area contributed by atoms with Crippen LogP contribution in [0.25, 0.3) is 0 Å². The number of nitro benzene ring substituents is 2. The monoisotopic (exact) mass is 259 g/mol. The standard InChI is InChI=1S/C8H6ClN3O5/c1-10-8(13)4-2-5(11(14)15)7(9)6(3-4)12(16)17/h2-3H,1H3,(H,10,13). The Morgan fingerprint density at radius 1 is 1.24 bits per heavy atom. The zero-order chi connectivity index (χ0) is 13.2. The van der Waals surface area contributed by atoms with E-state index in [4.69, 9.17) is 11.6 Å². The van der Waals surface area contributed by atoms with Gasteiger partial charge in [-0.05, 0) is 0 Å². The van der Waals surface area contributed by atoms with Crippen LogP contribution in [0.5, 0.6) is 0 Å². The molecule has 0 aliphatic carbocycles. The lowest BCUT2D eigenvalue weighted by Gasteiger charge is -2.02. The smallest absolute Gasteiger partial charge is 0.295 e. The number of benzene rings is 1. The zero-order valence-electron chi connectivity index (χ0n) is 8.47. The first-order chi connectivity index (χ1) is 7.88. The fourth-order valence-electron chi connectivity index (χ4n) is 1.14. The molecule has 1 aromatic rings. The van der Waals surface area contributed by atoms with Crippen molar-refractivity contribution in [2.24, 2.45) is 0 Å².